The van der Waals surface area contributed by atoms with Gasteiger partial charge in [0.15, 0.2) is 0 Å². The average molecular weight is 165 g/mol. The first-order valence-electron chi connectivity index (χ1n) is 4.79. The molecule has 12 heavy (non-hydrogen) atoms. The van der Waals surface area contributed by atoms with E-state index in [-0.39, 0.29) is 6.04 Å². The summed E-state index contributed by atoms with van der Waals surface area (Å²) in [6.07, 6.45) is 8.57. The Morgan fingerprint density at radius 2 is 2.42 bits per heavy atom. The van der Waals surface area contributed by atoms with Crippen molar-refractivity contribution in [2.75, 3.05) is 0 Å². The van der Waals surface area contributed by atoms with Crippen molar-refractivity contribution in [3.05, 3.63) is 23.8 Å². The third kappa shape index (κ3) is 2.82. The fraction of sp³-hybridized carbons (Fsp3) is 0.636. The zero-order valence-electron chi connectivity index (χ0n) is 7.97. The van der Waals surface area contributed by atoms with Gasteiger partial charge < -0.3 is 5.73 Å². The van der Waals surface area contributed by atoms with E-state index in [9.17, 15) is 0 Å². The Hall–Kier alpha value is -0.560. The van der Waals surface area contributed by atoms with Crippen molar-refractivity contribution in [2.24, 2.45) is 5.73 Å². The molecule has 0 fully saturated rings. The molecule has 0 radical (unpaired) electrons. The van der Waals surface area contributed by atoms with Gasteiger partial charge in [0.05, 0.1) is 0 Å². The smallest absolute Gasteiger partial charge is 0.0285 e. The van der Waals surface area contributed by atoms with Gasteiger partial charge in [-0.05, 0) is 39.0 Å². The lowest BCUT2D eigenvalue weighted by Gasteiger charge is -2.17. The van der Waals surface area contributed by atoms with E-state index in [1.807, 2.05) is 6.92 Å². The number of hydrogen-bond donors (Lipinski definition) is 1. The summed E-state index contributed by atoms with van der Waals surface area (Å²) in [7, 11) is 0. The Bertz CT molecular complexity index is 191. The molecule has 0 saturated carbocycles. The number of hydrogen-bond acceptors (Lipinski definition) is 1. The van der Waals surface area contributed by atoms with Gasteiger partial charge in [-0.3, -0.25) is 0 Å². The normalized spacial score (nSPS) is 20.0. The molecule has 0 aromatic rings. The van der Waals surface area contributed by atoms with Gasteiger partial charge in [-0.2, -0.15) is 0 Å². The molecule has 1 aliphatic rings. The van der Waals surface area contributed by atoms with Crippen LogP contribution >= 0.6 is 0 Å². The van der Waals surface area contributed by atoms with E-state index in [2.05, 4.69) is 12.7 Å². The molecule has 0 heterocycles. The molecule has 1 unspecified atom stereocenters. The molecule has 0 bridgehead atoms. The lowest BCUT2D eigenvalue weighted by Crippen LogP contribution is -2.21. The summed E-state index contributed by atoms with van der Waals surface area (Å²) in [6, 6.07) is 0.175. The zero-order chi connectivity index (χ0) is 8.97. The lowest BCUT2D eigenvalue weighted by molar-refractivity contribution is 0.645. The highest BCUT2D eigenvalue weighted by Crippen LogP contribution is 2.22. The Morgan fingerprint density at radius 1 is 1.67 bits per heavy atom. The lowest BCUT2D eigenvalue weighted by atomic mass is 9.93. The predicted molar refractivity (Wildman–Crippen MR) is 54.0 cm³/mol. The molecule has 0 aromatic carbocycles. The second kappa shape index (κ2) is 4.46. The van der Waals surface area contributed by atoms with Crippen LogP contribution in [-0.4, -0.2) is 6.04 Å². The fourth-order valence-corrected chi connectivity index (χ4v) is 1.55. The van der Waals surface area contributed by atoms with Crippen LogP contribution in [0.3, 0.4) is 0 Å². The molecule has 1 aliphatic carbocycles. The van der Waals surface area contributed by atoms with Gasteiger partial charge in [-0.25, -0.2) is 0 Å². The molecule has 68 valence electrons. The maximum Gasteiger partial charge on any atom is 0.0285 e. The SMILES string of the molecule is C=C(C)C(N)CC1=CCCCC1. The van der Waals surface area contributed by atoms with Crippen molar-refractivity contribution in [3.8, 4) is 0 Å². The summed E-state index contributed by atoms with van der Waals surface area (Å²) in [6.45, 7) is 5.88. The molecule has 1 atom stereocenters. The van der Waals surface area contributed by atoms with Crippen molar-refractivity contribution >= 4 is 0 Å². The molecule has 0 saturated heterocycles. The summed E-state index contributed by atoms with van der Waals surface area (Å²) in [5.41, 5.74) is 8.54. The minimum atomic E-state index is 0.175. The van der Waals surface area contributed by atoms with Crippen molar-refractivity contribution in [1.82, 2.24) is 0 Å². The van der Waals surface area contributed by atoms with Crippen molar-refractivity contribution in [1.29, 1.82) is 0 Å². The monoisotopic (exact) mass is 165 g/mol. The van der Waals surface area contributed by atoms with E-state index in [4.69, 9.17) is 5.73 Å². The summed E-state index contributed by atoms with van der Waals surface area (Å²) in [4.78, 5) is 0. The first-order valence-corrected chi connectivity index (χ1v) is 4.79. The van der Waals surface area contributed by atoms with Gasteiger partial charge in [-0.1, -0.05) is 23.8 Å². The largest absolute Gasteiger partial charge is 0.324 e. The Labute approximate surface area is 75.3 Å². The van der Waals surface area contributed by atoms with Gasteiger partial charge >= 0.3 is 0 Å². The number of allylic oxidation sites excluding steroid dienone is 1. The van der Waals surface area contributed by atoms with Crippen molar-refractivity contribution in [3.63, 3.8) is 0 Å². The zero-order valence-corrected chi connectivity index (χ0v) is 7.97. The van der Waals surface area contributed by atoms with E-state index in [1.54, 1.807) is 0 Å². The first-order chi connectivity index (χ1) is 5.70. The molecule has 2 N–H and O–H groups in total. The standard InChI is InChI=1S/C11H19N/c1-9(2)11(12)8-10-6-4-3-5-7-10/h6,11H,1,3-5,7-8,12H2,2H3. The number of nitrogens with two attached hydrogens (primary N) is 1. The van der Waals surface area contributed by atoms with Crippen LogP contribution in [0.4, 0.5) is 0 Å². The molecule has 0 amide bonds. The van der Waals surface area contributed by atoms with Gasteiger partial charge in [0.1, 0.15) is 0 Å². The molecule has 0 spiro atoms. The van der Waals surface area contributed by atoms with E-state index in [1.165, 1.54) is 31.3 Å². The second-order valence-corrected chi connectivity index (χ2v) is 3.77. The van der Waals surface area contributed by atoms with E-state index in [0.717, 1.165) is 12.0 Å². The summed E-state index contributed by atoms with van der Waals surface area (Å²) in [5, 5.41) is 0. The maximum atomic E-state index is 5.91. The molecule has 1 heteroatoms. The van der Waals surface area contributed by atoms with E-state index < -0.39 is 0 Å². The van der Waals surface area contributed by atoms with Gasteiger partial charge in [0, 0.05) is 6.04 Å². The van der Waals surface area contributed by atoms with Crippen molar-refractivity contribution < 1.29 is 0 Å². The predicted octanol–water partition coefficient (Wildman–Crippen LogP) is 2.78. The molecule has 0 aliphatic heterocycles. The topological polar surface area (TPSA) is 26.0 Å². The molecule has 1 nitrogen and oxygen atoms in total. The highest BCUT2D eigenvalue weighted by molar-refractivity contribution is 5.12. The van der Waals surface area contributed by atoms with Gasteiger partial charge in [0.2, 0.25) is 0 Å². The van der Waals surface area contributed by atoms with Crippen LogP contribution in [0, 0.1) is 0 Å². The van der Waals surface area contributed by atoms with Crippen LogP contribution in [0.2, 0.25) is 0 Å². The fourth-order valence-electron chi connectivity index (χ4n) is 1.55. The van der Waals surface area contributed by atoms with E-state index >= 15 is 0 Å². The van der Waals surface area contributed by atoms with E-state index in [0.29, 0.717) is 0 Å². The Morgan fingerprint density at radius 3 is 2.92 bits per heavy atom. The quantitative estimate of drug-likeness (QED) is 0.639. The molecular weight excluding hydrogens is 146 g/mol. The molecular formula is C11H19N. The first kappa shape index (κ1) is 9.53. The van der Waals surface area contributed by atoms with Crippen LogP contribution < -0.4 is 5.73 Å². The van der Waals surface area contributed by atoms with Crippen LogP contribution in [0.5, 0.6) is 0 Å². The van der Waals surface area contributed by atoms with Crippen molar-refractivity contribution in [2.45, 2.75) is 45.1 Å². The summed E-state index contributed by atoms with van der Waals surface area (Å²) >= 11 is 0. The minimum Gasteiger partial charge on any atom is -0.324 e. The minimum absolute atomic E-state index is 0.175. The Kier molecular flexibility index (Phi) is 3.54. The van der Waals surface area contributed by atoms with Crippen LogP contribution in [0.1, 0.15) is 39.0 Å². The van der Waals surface area contributed by atoms with Crippen LogP contribution in [0.15, 0.2) is 23.8 Å². The summed E-state index contributed by atoms with van der Waals surface area (Å²) in [5.74, 6) is 0. The van der Waals surface area contributed by atoms with Gasteiger partial charge in [-0.15, -0.1) is 0 Å². The molecule has 0 aromatic heterocycles. The Balaban J connectivity index is 2.39. The van der Waals surface area contributed by atoms with Crippen LogP contribution in [-0.2, 0) is 0 Å². The highest BCUT2D eigenvalue weighted by Gasteiger charge is 2.08. The van der Waals surface area contributed by atoms with Gasteiger partial charge in [0.25, 0.3) is 0 Å². The number of rotatable bonds is 3. The summed E-state index contributed by atoms with van der Waals surface area (Å²) < 4.78 is 0. The third-order valence-corrected chi connectivity index (χ3v) is 2.50. The molecule has 1 rings (SSSR count). The van der Waals surface area contributed by atoms with Crippen LogP contribution in [0.25, 0.3) is 0 Å². The maximum absolute atomic E-state index is 5.91. The second-order valence-electron chi connectivity index (χ2n) is 3.77. The third-order valence-electron chi connectivity index (χ3n) is 2.50. The average Bonchev–Trinajstić information content (AvgIpc) is 2.06. The highest BCUT2D eigenvalue weighted by atomic mass is 14.6.